The fourth-order valence-electron chi connectivity index (χ4n) is 5.02. The van der Waals surface area contributed by atoms with Crippen LogP contribution < -0.4 is 15.8 Å². The zero-order valence-electron chi connectivity index (χ0n) is 21.4. The maximum atomic E-state index is 14.6. The van der Waals surface area contributed by atoms with Crippen molar-refractivity contribution < 1.29 is 13.9 Å². The molecule has 0 saturated heterocycles. The molecule has 1 amide bonds. The molecule has 2 aromatic heterocycles. The number of amides is 1. The standard InChI is InChI=1S/C30H27FN6O2/c1-39-27-4-2-3-24(31)28(27)29-35-14-12-26(36-29)30(38)37-25-10-7-19(23-17-34-13-11-20(23)16-32)15-22(25)18-5-8-21(33)9-6-18/h2-4,7,10-15,17-18,21H,5-6,8-9,33H2,1H3,(H,37,38). The van der Waals surface area contributed by atoms with E-state index in [-0.39, 0.29) is 34.8 Å². The van der Waals surface area contributed by atoms with E-state index in [1.165, 1.54) is 31.5 Å². The number of nitrogens with zero attached hydrogens (tertiary/aromatic N) is 4. The first kappa shape index (κ1) is 25.9. The van der Waals surface area contributed by atoms with Crippen molar-refractivity contribution in [2.75, 3.05) is 12.4 Å². The third-order valence-electron chi connectivity index (χ3n) is 7.07. The molecule has 3 N–H and O–H groups in total. The molecule has 5 rings (SSSR count). The molecule has 0 unspecified atom stereocenters. The average Bonchev–Trinajstić information content (AvgIpc) is 2.97. The first-order valence-electron chi connectivity index (χ1n) is 12.7. The van der Waals surface area contributed by atoms with E-state index in [4.69, 9.17) is 10.5 Å². The summed E-state index contributed by atoms with van der Waals surface area (Å²) in [7, 11) is 1.43. The maximum Gasteiger partial charge on any atom is 0.274 e. The van der Waals surface area contributed by atoms with E-state index in [9.17, 15) is 14.4 Å². The highest BCUT2D eigenvalue weighted by Gasteiger charge is 2.24. The van der Waals surface area contributed by atoms with Crippen molar-refractivity contribution in [1.29, 1.82) is 5.26 Å². The molecule has 0 bridgehead atoms. The van der Waals surface area contributed by atoms with Crippen LogP contribution in [-0.2, 0) is 0 Å². The van der Waals surface area contributed by atoms with E-state index in [1.807, 2.05) is 18.2 Å². The van der Waals surface area contributed by atoms with Gasteiger partial charge in [-0.2, -0.15) is 5.26 Å². The van der Waals surface area contributed by atoms with Gasteiger partial charge in [0.15, 0.2) is 5.82 Å². The van der Waals surface area contributed by atoms with Crippen molar-refractivity contribution in [2.24, 2.45) is 5.73 Å². The molecule has 1 fully saturated rings. The number of ether oxygens (including phenoxy) is 1. The second-order valence-corrected chi connectivity index (χ2v) is 9.48. The molecule has 0 atom stereocenters. The Bertz CT molecular complexity index is 1560. The van der Waals surface area contributed by atoms with Gasteiger partial charge in [0.25, 0.3) is 5.91 Å². The topological polar surface area (TPSA) is 127 Å². The summed E-state index contributed by atoms with van der Waals surface area (Å²) in [5.41, 5.74) is 10.0. The van der Waals surface area contributed by atoms with Gasteiger partial charge in [0.2, 0.25) is 0 Å². The first-order chi connectivity index (χ1) is 19.0. The minimum absolute atomic E-state index is 0.0510. The van der Waals surface area contributed by atoms with Gasteiger partial charge >= 0.3 is 0 Å². The van der Waals surface area contributed by atoms with Gasteiger partial charge in [-0.05, 0) is 79.1 Å². The number of nitrogens with two attached hydrogens (primary N) is 1. The van der Waals surface area contributed by atoms with E-state index in [2.05, 4.69) is 26.3 Å². The maximum absolute atomic E-state index is 14.6. The third kappa shape index (κ3) is 5.47. The monoisotopic (exact) mass is 522 g/mol. The predicted octanol–water partition coefficient (Wildman–Crippen LogP) is 5.46. The predicted molar refractivity (Wildman–Crippen MR) is 146 cm³/mol. The molecule has 2 heterocycles. The number of nitriles is 1. The number of hydrogen-bond donors (Lipinski definition) is 2. The number of hydrogen-bond acceptors (Lipinski definition) is 7. The van der Waals surface area contributed by atoms with E-state index in [1.54, 1.807) is 24.5 Å². The molecule has 0 spiro atoms. The number of carbonyl (C=O) groups is 1. The Labute approximate surface area is 225 Å². The highest BCUT2D eigenvalue weighted by Crippen LogP contribution is 2.39. The summed E-state index contributed by atoms with van der Waals surface area (Å²) in [6, 6.07) is 15.7. The van der Waals surface area contributed by atoms with Crippen LogP contribution in [0.3, 0.4) is 0 Å². The second-order valence-electron chi connectivity index (χ2n) is 9.48. The summed E-state index contributed by atoms with van der Waals surface area (Å²) in [6.45, 7) is 0. The van der Waals surface area contributed by atoms with Gasteiger partial charge in [0.1, 0.15) is 17.3 Å². The number of carbonyl (C=O) groups excluding carboxylic acids is 1. The van der Waals surface area contributed by atoms with Gasteiger partial charge in [0, 0.05) is 35.9 Å². The van der Waals surface area contributed by atoms with Gasteiger partial charge < -0.3 is 15.8 Å². The Hall–Kier alpha value is -4.68. The summed E-state index contributed by atoms with van der Waals surface area (Å²) in [6.07, 6.45) is 8.23. The Morgan fingerprint density at radius 1 is 1.13 bits per heavy atom. The first-order valence-corrected chi connectivity index (χ1v) is 12.7. The van der Waals surface area contributed by atoms with Crippen molar-refractivity contribution in [1.82, 2.24) is 15.0 Å². The van der Waals surface area contributed by atoms with Gasteiger partial charge in [-0.15, -0.1) is 0 Å². The van der Waals surface area contributed by atoms with Crippen molar-refractivity contribution >= 4 is 11.6 Å². The van der Waals surface area contributed by atoms with Crippen LogP contribution in [0.25, 0.3) is 22.5 Å². The Kier molecular flexibility index (Phi) is 7.57. The van der Waals surface area contributed by atoms with Crippen LogP contribution in [0.5, 0.6) is 5.75 Å². The Morgan fingerprint density at radius 2 is 1.95 bits per heavy atom. The molecular formula is C30H27FN6O2. The number of rotatable bonds is 6. The Balaban J connectivity index is 1.50. The molecule has 0 aliphatic heterocycles. The van der Waals surface area contributed by atoms with Gasteiger partial charge in [0.05, 0.1) is 24.3 Å². The summed E-state index contributed by atoms with van der Waals surface area (Å²) >= 11 is 0. The number of anilines is 1. The van der Waals surface area contributed by atoms with Crippen LogP contribution in [0.2, 0.25) is 0 Å². The highest BCUT2D eigenvalue weighted by atomic mass is 19.1. The normalized spacial score (nSPS) is 16.8. The number of nitrogens with one attached hydrogen (secondary N) is 1. The molecule has 2 aromatic carbocycles. The quantitative estimate of drug-likeness (QED) is 0.344. The van der Waals surface area contributed by atoms with Crippen molar-refractivity contribution in [2.45, 2.75) is 37.6 Å². The zero-order chi connectivity index (χ0) is 27.4. The van der Waals surface area contributed by atoms with Gasteiger partial charge in [-0.3, -0.25) is 9.78 Å². The van der Waals surface area contributed by atoms with Crippen LogP contribution >= 0.6 is 0 Å². The largest absolute Gasteiger partial charge is 0.496 e. The number of halogens is 1. The lowest BCUT2D eigenvalue weighted by Crippen LogP contribution is -2.26. The second kappa shape index (κ2) is 11.4. The van der Waals surface area contributed by atoms with Crippen molar-refractivity contribution in [3.63, 3.8) is 0 Å². The fourth-order valence-corrected chi connectivity index (χ4v) is 5.02. The molecule has 4 aromatic rings. The van der Waals surface area contributed by atoms with Crippen LogP contribution in [0.15, 0.2) is 67.1 Å². The fraction of sp³-hybridized carbons (Fsp3) is 0.233. The third-order valence-corrected chi connectivity index (χ3v) is 7.07. The SMILES string of the molecule is COc1cccc(F)c1-c1nccc(C(=O)Nc2ccc(-c3cnccc3C#N)cc2C2CCC(N)CC2)n1. The van der Waals surface area contributed by atoms with Crippen molar-refractivity contribution in [3.8, 4) is 34.3 Å². The molecule has 1 aliphatic rings. The van der Waals surface area contributed by atoms with Crippen LogP contribution in [0.4, 0.5) is 10.1 Å². The summed E-state index contributed by atoms with van der Waals surface area (Å²) in [4.78, 5) is 26.1. The minimum atomic E-state index is -0.549. The smallest absolute Gasteiger partial charge is 0.274 e. The van der Waals surface area contributed by atoms with Crippen LogP contribution in [0.1, 0.15) is 53.2 Å². The summed E-state index contributed by atoms with van der Waals surface area (Å²) < 4.78 is 19.9. The molecule has 0 radical (unpaired) electrons. The molecule has 39 heavy (non-hydrogen) atoms. The van der Waals surface area contributed by atoms with Gasteiger partial charge in [-0.1, -0.05) is 12.1 Å². The van der Waals surface area contributed by atoms with Crippen LogP contribution in [-0.4, -0.2) is 34.0 Å². The molecule has 1 aliphatic carbocycles. The molecule has 9 heteroatoms. The van der Waals surface area contributed by atoms with E-state index in [0.717, 1.165) is 42.4 Å². The number of benzene rings is 2. The van der Waals surface area contributed by atoms with Gasteiger partial charge in [-0.25, -0.2) is 14.4 Å². The van der Waals surface area contributed by atoms with Crippen LogP contribution in [0, 0.1) is 17.1 Å². The zero-order valence-corrected chi connectivity index (χ0v) is 21.4. The van der Waals surface area contributed by atoms with E-state index in [0.29, 0.717) is 11.3 Å². The summed E-state index contributed by atoms with van der Waals surface area (Å²) in [5, 5.41) is 12.6. The Morgan fingerprint density at radius 3 is 2.72 bits per heavy atom. The molecule has 196 valence electrons. The average molecular weight is 523 g/mol. The highest BCUT2D eigenvalue weighted by molar-refractivity contribution is 6.03. The summed E-state index contributed by atoms with van der Waals surface area (Å²) in [5.74, 6) is -0.490. The molecular weight excluding hydrogens is 495 g/mol. The number of aromatic nitrogens is 3. The molecule has 1 saturated carbocycles. The van der Waals surface area contributed by atoms with Crippen molar-refractivity contribution in [3.05, 3.63) is 89.8 Å². The lowest BCUT2D eigenvalue weighted by Gasteiger charge is -2.28. The minimum Gasteiger partial charge on any atom is -0.496 e. The lowest BCUT2D eigenvalue weighted by atomic mass is 9.80. The van der Waals surface area contributed by atoms with E-state index >= 15 is 0 Å². The van der Waals surface area contributed by atoms with E-state index < -0.39 is 11.7 Å². The molecule has 8 nitrogen and oxygen atoms in total. The number of pyridine rings is 1. The number of methoxy groups -OCH3 is 1. The lowest BCUT2D eigenvalue weighted by molar-refractivity contribution is 0.102.